The van der Waals surface area contributed by atoms with E-state index < -0.39 is 0 Å². The van der Waals surface area contributed by atoms with Crippen LogP contribution in [0.5, 0.6) is 0 Å². The van der Waals surface area contributed by atoms with E-state index in [1.807, 2.05) is 0 Å². The molecule has 1 fully saturated rings. The van der Waals surface area contributed by atoms with Crippen LogP contribution in [0.4, 0.5) is 0 Å². The predicted molar refractivity (Wildman–Crippen MR) is 80.3 cm³/mol. The third-order valence-corrected chi connectivity index (χ3v) is 4.24. The van der Waals surface area contributed by atoms with E-state index in [0.29, 0.717) is 12.5 Å². The van der Waals surface area contributed by atoms with Gasteiger partial charge in [-0.25, -0.2) is 0 Å². The SMILES string of the molecule is CCN(CC)CC1CCCCN1CCCC(=O)NC. The van der Waals surface area contributed by atoms with Crippen molar-refractivity contribution in [2.75, 3.05) is 39.8 Å². The van der Waals surface area contributed by atoms with Crippen LogP contribution in [-0.2, 0) is 4.79 Å². The second-order valence-corrected chi connectivity index (χ2v) is 5.45. The first-order valence-electron chi connectivity index (χ1n) is 7.88. The highest BCUT2D eigenvalue weighted by molar-refractivity contribution is 5.75. The number of carbonyl (C=O) groups is 1. The molecule has 4 heteroatoms. The highest BCUT2D eigenvalue weighted by atomic mass is 16.1. The first-order chi connectivity index (χ1) is 9.21. The smallest absolute Gasteiger partial charge is 0.219 e. The van der Waals surface area contributed by atoms with Crippen LogP contribution in [-0.4, -0.2) is 61.5 Å². The summed E-state index contributed by atoms with van der Waals surface area (Å²) in [6, 6.07) is 0.693. The molecular weight excluding hydrogens is 238 g/mol. The lowest BCUT2D eigenvalue weighted by Gasteiger charge is -2.38. The molecule has 1 rings (SSSR count). The number of carbonyl (C=O) groups excluding carboxylic acids is 1. The molecule has 1 unspecified atom stereocenters. The molecule has 1 atom stereocenters. The Kier molecular flexibility index (Phi) is 8.07. The van der Waals surface area contributed by atoms with Gasteiger partial charge in [0.1, 0.15) is 0 Å². The molecule has 0 saturated carbocycles. The van der Waals surface area contributed by atoms with Crippen molar-refractivity contribution in [1.29, 1.82) is 0 Å². The zero-order valence-corrected chi connectivity index (χ0v) is 13.0. The minimum Gasteiger partial charge on any atom is -0.359 e. The Bertz CT molecular complexity index is 254. The van der Waals surface area contributed by atoms with Gasteiger partial charge in [-0.1, -0.05) is 20.3 Å². The van der Waals surface area contributed by atoms with E-state index in [9.17, 15) is 4.79 Å². The van der Waals surface area contributed by atoms with Gasteiger partial charge in [0.25, 0.3) is 0 Å². The van der Waals surface area contributed by atoms with Crippen LogP contribution >= 0.6 is 0 Å². The highest BCUT2D eigenvalue weighted by Gasteiger charge is 2.23. The van der Waals surface area contributed by atoms with E-state index in [4.69, 9.17) is 0 Å². The zero-order chi connectivity index (χ0) is 14.1. The molecule has 1 aliphatic rings. The molecule has 112 valence electrons. The molecule has 4 nitrogen and oxygen atoms in total. The summed E-state index contributed by atoms with van der Waals surface area (Å²) >= 11 is 0. The van der Waals surface area contributed by atoms with Crippen LogP contribution in [0.2, 0.25) is 0 Å². The fraction of sp³-hybridized carbons (Fsp3) is 0.933. The Morgan fingerprint density at radius 1 is 1.32 bits per heavy atom. The Hall–Kier alpha value is -0.610. The molecule has 1 heterocycles. The highest BCUT2D eigenvalue weighted by Crippen LogP contribution is 2.18. The maximum atomic E-state index is 11.3. The lowest BCUT2D eigenvalue weighted by Crippen LogP contribution is -2.47. The number of amides is 1. The quantitative estimate of drug-likeness (QED) is 0.728. The summed E-state index contributed by atoms with van der Waals surface area (Å²) in [4.78, 5) is 16.4. The van der Waals surface area contributed by atoms with Crippen LogP contribution in [0, 0.1) is 0 Å². The van der Waals surface area contributed by atoms with Crippen LogP contribution in [0.3, 0.4) is 0 Å². The van der Waals surface area contributed by atoms with E-state index in [2.05, 4.69) is 29.0 Å². The van der Waals surface area contributed by atoms with Crippen LogP contribution < -0.4 is 5.32 Å². The Balaban J connectivity index is 2.36. The van der Waals surface area contributed by atoms with Gasteiger partial charge in [0, 0.05) is 26.1 Å². The molecule has 1 amide bonds. The average Bonchev–Trinajstić information content (AvgIpc) is 2.45. The summed E-state index contributed by atoms with van der Waals surface area (Å²) < 4.78 is 0. The van der Waals surface area contributed by atoms with Crippen molar-refractivity contribution in [3.8, 4) is 0 Å². The molecule has 1 aliphatic heterocycles. The summed E-state index contributed by atoms with van der Waals surface area (Å²) in [6.45, 7) is 10.2. The largest absolute Gasteiger partial charge is 0.359 e. The van der Waals surface area contributed by atoms with Crippen molar-refractivity contribution in [3.63, 3.8) is 0 Å². The number of nitrogens with zero attached hydrogens (tertiary/aromatic N) is 2. The molecule has 0 aromatic carbocycles. The average molecular weight is 269 g/mol. The lowest BCUT2D eigenvalue weighted by molar-refractivity contribution is -0.120. The number of nitrogens with one attached hydrogen (secondary N) is 1. The third-order valence-electron chi connectivity index (χ3n) is 4.24. The van der Waals surface area contributed by atoms with Gasteiger partial charge < -0.3 is 10.2 Å². The van der Waals surface area contributed by atoms with E-state index in [1.54, 1.807) is 7.05 Å². The molecule has 0 aromatic rings. The number of likely N-dealkylation sites (N-methyl/N-ethyl adjacent to an activating group) is 1. The number of likely N-dealkylation sites (tertiary alicyclic amines) is 1. The fourth-order valence-electron chi connectivity index (χ4n) is 2.91. The van der Waals surface area contributed by atoms with Gasteiger partial charge in [-0.15, -0.1) is 0 Å². The maximum absolute atomic E-state index is 11.3. The molecule has 0 bridgehead atoms. The van der Waals surface area contributed by atoms with E-state index in [1.165, 1.54) is 32.4 Å². The molecule has 19 heavy (non-hydrogen) atoms. The first kappa shape index (κ1) is 16.4. The van der Waals surface area contributed by atoms with Gasteiger partial charge in [0.15, 0.2) is 0 Å². The molecule has 0 aliphatic carbocycles. The zero-order valence-electron chi connectivity index (χ0n) is 13.0. The van der Waals surface area contributed by atoms with E-state index in [0.717, 1.165) is 26.1 Å². The predicted octanol–water partition coefficient (Wildman–Crippen LogP) is 1.71. The standard InChI is InChI=1S/C15H31N3O/c1-4-17(5-2)13-14-9-6-7-11-18(14)12-8-10-15(19)16-3/h14H,4-13H2,1-3H3,(H,16,19). The van der Waals surface area contributed by atoms with Gasteiger partial charge in [0.05, 0.1) is 0 Å². The van der Waals surface area contributed by atoms with Gasteiger partial charge in [0.2, 0.25) is 5.91 Å². The molecule has 0 radical (unpaired) electrons. The maximum Gasteiger partial charge on any atom is 0.219 e. The van der Waals surface area contributed by atoms with Crippen molar-refractivity contribution < 1.29 is 4.79 Å². The molecule has 1 N–H and O–H groups in total. The topological polar surface area (TPSA) is 35.6 Å². The van der Waals surface area contributed by atoms with Crippen LogP contribution in [0.25, 0.3) is 0 Å². The first-order valence-corrected chi connectivity index (χ1v) is 7.88. The lowest BCUT2D eigenvalue weighted by atomic mass is 10.0. The van der Waals surface area contributed by atoms with Gasteiger partial charge in [-0.2, -0.15) is 0 Å². The van der Waals surface area contributed by atoms with Crippen molar-refractivity contribution in [3.05, 3.63) is 0 Å². The normalized spacial score (nSPS) is 20.7. The Morgan fingerprint density at radius 3 is 2.68 bits per heavy atom. The van der Waals surface area contributed by atoms with Gasteiger partial charge in [-0.3, -0.25) is 9.69 Å². The second kappa shape index (κ2) is 9.32. The molecular formula is C15H31N3O. The Labute approximate surface area is 118 Å². The minimum atomic E-state index is 0.164. The molecule has 0 spiro atoms. The van der Waals surface area contributed by atoms with Gasteiger partial charge in [-0.05, 0) is 45.4 Å². The second-order valence-electron chi connectivity index (χ2n) is 5.45. The monoisotopic (exact) mass is 269 g/mol. The number of rotatable bonds is 8. The summed E-state index contributed by atoms with van der Waals surface area (Å²) in [7, 11) is 1.71. The van der Waals surface area contributed by atoms with Crippen molar-refractivity contribution >= 4 is 5.91 Å². The number of hydrogen-bond donors (Lipinski definition) is 1. The van der Waals surface area contributed by atoms with Crippen molar-refractivity contribution in [2.45, 2.75) is 52.0 Å². The minimum absolute atomic E-state index is 0.164. The van der Waals surface area contributed by atoms with Crippen LogP contribution in [0.15, 0.2) is 0 Å². The fourth-order valence-corrected chi connectivity index (χ4v) is 2.91. The number of piperidine rings is 1. The van der Waals surface area contributed by atoms with Crippen molar-refractivity contribution in [1.82, 2.24) is 15.1 Å². The Morgan fingerprint density at radius 2 is 2.05 bits per heavy atom. The van der Waals surface area contributed by atoms with E-state index in [-0.39, 0.29) is 5.91 Å². The molecule has 0 aromatic heterocycles. The van der Waals surface area contributed by atoms with Gasteiger partial charge >= 0.3 is 0 Å². The number of hydrogen-bond acceptors (Lipinski definition) is 3. The third kappa shape index (κ3) is 5.91. The summed E-state index contributed by atoms with van der Waals surface area (Å²) in [5.74, 6) is 0.164. The molecule has 1 saturated heterocycles. The van der Waals surface area contributed by atoms with Crippen LogP contribution in [0.1, 0.15) is 46.0 Å². The summed E-state index contributed by atoms with van der Waals surface area (Å²) in [5, 5.41) is 2.70. The summed E-state index contributed by atoms with van der Waals surface area (Å²) in [6.07, 6.45) is 5.63. The summed E-state index contributed by atoms with van der Waals surface area (Å²) in [5.41, 5.74) is 0. The van der Waals surface area contributed by atoms with E-state index >= 15 is 0 Å². The van der Waals surface area contributed by atoms with Crippen molar-refractivity contribution in [2.24, 2.45) is 0 Å².